The first-order valence-corrected chi connectivity index (χ1v) is 19.4. The molecule has 2 aromatic rings. The Balaban J connectivity index is 1.91. The lowest BCUT2D eigenvalue weighted by atomic mass is 9.86. The molecule has 0 aliphatic rings. The highest BCUT2D eigenvalue weighted by atomic mass is 28.4. The van der Waals surface area contributed by atoms with Crippen LogP contribution in [0.1, 0.15) is 87.5 Å². The molecule has 214 valence electrons. The molecule has 0 aromatic heterocycles. The standard InChI is InChI=1S/C33H56O3Si2/c1-31(2,3)37(9,10)36-27-33(7,8)26-28(34)20-14-13-19-25-35-38(32(4,5)6,29-21-15-11-16-22-29)30-23-17-12-18-24-30/h11-12,15-18,21-24,28,34H,13-14,19-20,25-27H2,1-10H3. The van der Waals surface area contributed by atoms with E-state index in [-0.39, 0.29) is 21.6 Å². The van der Waals surface area contributed by atoms with Gasteiger partial charge in [0.05, 0.1) is 6.10 Å². The zero-order valence-corrected chi connectivity index (χ0v) is 28.1. The van der Waals surface area contributed by atoms with Gasteiger partial charge in [-0.15, -0.1) is 0 Å². The summed E-state index contributed by atoms with van der Waals surface area (Å²) < 4.78 is 13.5. The van der Waals surface area contributed by atoms with Gasteiger partial charge >= 0.3 is 0 Å². The highest BCUT2D eigenvalue weighted by molar-refractivity contribution is 6.99. The maximum atomic E-state index is 10.8. The minimum Gasteiger partial charge on any atom is -0.416 e. The predicted molar refractivity (Wildman–Crippen MR) is 170 cm³/mol. The Hall–Kier alpha value is -1.25. The fourth-order valence-corrected chi connectivity index (χ4v) is 10.8. The van der Waals surface area contributed by atoms with E-state index in [1.165, 1.54) is 10.4 Å². The molecule has 0 fully saturated rings. The third-order valence-corrected chi connectivity index (χ3v) is 17.9. The molecular formula is C33H56O3Si2. The molecule has 1 atom stereocenters. The van der Waals surface area contributed by atoms with Gasteiger partial charge in [-0.2, -0.15) is 0 Å². The molecule has 0 saturated heterocycles. The third-order valence-electron chi connectivity index (χ3n) is 8.34. The largest absolute Gasteiger partial charge is 0.416 e. The van der Waals surface area contributed by atoms with E-state index in [9.17, 15) is 5.11 Å². The van der Waals surface area contributed by atoms with Crippen molar-refractivity contribution in [2.75, 3.05) is 13.2 Å². The van der Waals surface area contributed by atoms with Crippen LogP contribution in [0.4, 0.5) is 0 Å². The van der Waals surface area contributed by atoms with Crippen LogP contribution in [0, 0.1) is 5.41 Å². The van der Waals surface area contributed by atoms with Gasteiger partial charge in [0.2, 0.25) is 0 Å². The van der Waals surface area contributed by atoms with Gasteiger partial charge in [0.15, 0.2) is 8.32 Å². The average molecular weight is 557 g/mol. The topological polar surface area (TPSA) is 38.7 Å². The minimum atomic E-state index is -2.46. The Bertz CT molecular complexity index is 904. The fraction of sp³-hybridized carbons (Fsp3) is 0.636. The van der Waals surface area contributed by atoms with Crippen LogP contribution in [-0.4, -0.2) is 41.1 Å². The van der Waals surface area contributed by atoms with Crippen molar-refractivity contribution in [1.82, 2.24) is 0 Å². The zero-order valence-electron chi connectivity index (χ0n) is 26.1. The van der Waals surface area contributed by atoms with Crippen LogP contribution in [0.2, 0.25) is 23.2 Å². The molecule has 0 bridgehead atoms. The van der Waals surface area contributed by atoms with Crippen LogP contribution in [0.5, 0.6) is 0 Å². The predicted octanol–water partition coefficient (Wildman–Crippen LogP) is 7.92. The Morgan fingerprint density at radius 1 is 0.684 bits per heavy atom. The lowest BCUT2D eigenvalue weighted by Crippen LogP contribution is -2.66. The van der Waals surface area contributed by atoms with Crippen molar-refractivity contribution < 1.29 is 14.0 Å². The lowest BCUT2D eigenvalue weighted by Gasteiger charge is -2.43. The molecule has 1 N–H and O–H groups in total. The maximum Gasteiger partial charge on any atom is 0.261 e. The number of unbranched alkanes of at least 4 members (excludes halogenated alkanes) is 2. The van der Waals surface area contributed by atoms with E-state index >= 15 is 0 Å². The van der Waals surface area contributed by atoms with Gasteiger partial charge < -0.3 is 14.0 Å². The summed E-state index contributed by atoms with van der Waals surface area (Å²) in [7, 11) is -4.24. The van der Waals surface area contributed by atoms with Crippen molar-refractivity contribution in [3.63, 3.8) is 0 Å². The molecule has 2 rings (SSSR count). The second-order valence-electron chi connectivity index (χ2n) is 14.4. The van der Waals surface area contributed by atoms with Crippen LogP contribution in [0.25, 0.3) is 0 Å². The van der Waals surface area contributed by atoms with Crippen LogP contribution >= 0.6 is 0 Å². The molecule has 0 radical (unpaired) electrons. The van der Waals surface area contributed by atoms with E-state index in [1.54, 1.807) is 0 Å². The summed E-state index contributed by atoms with van der Waals surface area (Å²) in [6.45, 7) is 24.3. The van der Waals surface area contributed by atoms with Crippen molar-refractivity contribution in [2.24, 2.45) is 5.41 Å². The van der Waals surface area contributed by atoms with Gasteiger partial charge in [0.25, 0.3) is 8.32 Å². The SMILES string of the molecule is CC(C)(CO[Si](C)(C)C(C)(C)C)CC(O)CCCCCO[Si](c1ccccc1)(c1ccccc1)C(C)(C)C. The van der Waals surface area contributed by atoms with Crippen molar-refractivity contribution in [3.05, 3.63) is 60.7 Å². The Kier molecular flexibility index (Phi) is 11.6. The molecule has 0 saturated carbocycles. The van der Waals surface area contributed by atoms with Crippen molar-refractivity contribution in [1.29, 1.82) is 0 Å². The van der Waals surface area contributed by atoms with Crippen LogP contribution in [0.3, 0.4) is 0 Å². The van der Waals surface area contributed by atoms with Crippen LogP contribution in [-0.2, 0) is 8.85 Å². The van der Waals surface area contributed by atoms with Crippen LogP contribution in [0.15, 0.2) is 60.7 Å². The Morgan fingerprint density at radius 3 is 1.63 bits per heavy atom. The summed E-state index contributed by atoms with van der Waals surface area (Å²) in [6.07, 6.45) is 4.42. The summed E-state index contributed by atoms with van der Waals surface area (Å²) in [6, 6.07) is 21.7. The average Bonchev–Trinajstić information content (AvgIpc) is 2.82. The van der Waals surface area contributed by atoms with Gasteiger partial charge in [-0.3, -0.25) is 0 Å². The van der Waals surface area contributed by atoms with Gasteiger partial charge in [-0.25, -0.2) is 0 Å². The molecule has 3 nitrogen and oxygen atoms in total. The van der Waals surface area contributed by atoms with Gasteiger partial charge in [0, 0.05) is 13.2 Å². The first kappa shape index (κ1) is 33.0. The molecule has 0 amide bonds. The molecule has 0 aliphatic carbocycles. The number of hydrogen-bond donors (Lipinski definition) is 1. The van der Waals surface area contributed by atoms with E-state index in [0.29, 0.717) is 6.61 Å². The third kappa shape index (κ3) is 8.89. The molecule has 1 unspecified atom stereocenters. The number of aliphatic hydroxyl groups excluding tert-OH is 1. The molecule has 5 heteroatoms. The molecule has 0 spiro atoms. The lowest BCUT2D eigenvalue weighted by molar-refractivity contribution is 0.0695. The van der Waals surface area contributed by atoms with E-state index < -0.39 is 16.6 Å². The second-order valence-corrected chi connectivity index (χ2v) is 23.5. The van der Waals surface area contributed by atoms with E-state index in [0.717, 1.165) is 38.7 Å². The highest BCUT2D eigenvalue weighted by Gasteiger charge is 2.50. The smallest absolute Gasteiger partial charge is 0.261 e. The van der Waals surface area contributed by atoms with Crippen molar-refractivity contribution in [2.45, 2.75) is 117 Å². The van der Waals surface area contributed by atoms with Gasteiger partial charge in [0.1, 0.15) is 0 Å². The fourth-order valence-electron chi connectivity index (χ4n) is 5.04. The minimum absolute atomic E-state index is 0.00394. The normalized spacial score (nSPS) is 14.5. The van der Waals surface area contributed by atoms with E-state index in [2.05, 4.69) is 129 Å². The van der Waals surface area contributed by atoms with Crippen LogP contribution < -0.4 is 10.4 Å². The first-order chi connectivity index (χ1) is 17.5. The number of hydrogen-bond acceptors (Lipinski definition) is 3. The molecule has 0 heterocycles. The Morgan fingerprint density at radius 2 is 1.18 bits per heavy atom. The summed E-state index contributed by atoms with van der Waals surface area (Å²) in [5.74, 6) is 0. The van der Waals surface area contributed by atoms with E-state index in [4.69, 9.17) is 8.85 Å². The van der Waals surface area contributed by atoms with Crippen molar-refractivity contribution in [3.8, 4) is 0 Å². The summed E-state index contributed by atoms with van der Waals surface area (Å²) in [5, 5.41) is 13.7. The quantitative estimate of drug-likeness (QED) is 0.190. The molecule has 0 aliphatic heterocycles. The number of benzene rings is 2. The Labute approximate surface area is 236 Å². The van der Waals surface area contributed by atoms with E-state index in [1.807, 2.05) is 0 Å². The van der Waals surface area contributed by atoms with Crippen molar-refractivity contribution >= 4 is 27.0 Å². The summed E-state index contributed by atoms with van der Waals surface area (Å²) >= 11 is 0. The maximum absolute atomic E-state index is 10.8. The number of rotatable bonds is 14. The summed E-state index contributed by atoms with van der Waals surface area (Å²) in [4.78, 5) is 0. The summed E-state index contributed by atoms with van der Waals surface area (Å²) in [5.41, 5.74) is -0.0265. The monoisotopic (exact) mass is 556 g/mol. The molecular weight excluding hydrogens is 501 g/mol. The molecule has 38 heavy (non-hydrogen) atoms. The number of aliphatic hydroxyl groups is 1. The van der Waals surface area contributed by atoms with Gasteiger partial charge in [-0.05, 0) is 58.2 Å². The molecule has 2 aromatic carbocycles. The highest BCUT2D eigenvalue weighted by Crippen LogP contribution is 2.39. The zero-order chi connectivity index (χ0) is 28.7. The first-order valence-electron chi connectivity index (χ1n) is 14.6. The second kappa shape index (κ2) is 13.4. The van der Waals surface area contributed by atoms with Gasteiger partial charge in [-0.1, -0.05) is 129 Å².